The number of pyridine rings is 1. The Balaban J connectivity index is 2.71. The smallest absolute Gasteiger partial charge is 0.251 e. The number of hydrogen-bond acceptors (Lipinski definition) is 4. The van der Waals surface area contributed by atoms with Gasteiger partial charge in [0, 0.05) is 30.1 Å². The number of aryl methyl sites for hydroxylation is 1. The van der Waals surface area contributed by atoms with Crippen LogP contribution in [0.1, 0.15) is 23.0 Å². The van der Waals surface area contributed by atoms with E-state index in [0.29, 0.717) is 23.2 Å². The minimum Gasteiger partial charge on any atom is -0.373 e. The zero-order valence-electron chi connectivity index (χ0n) is 10.7. The van der Waals surface area contributed by atoms with Crippen molar-refractivity contribution in [3.05, 3.63) is 23.4 Å². The molecular weight excluding hydrogens is 234 g/mol. The van der Waals surface area contributed by atoms with Gasteiger partial charge in [-0.3, -0.25) is 4.79 Å². The lowest BCUT2D eigenvalue weighted by molar-refractivity contribution is 0.0954. The molecule has 2 N–H and O–H groups in total. The molecule has 1 aromatic rings. The molecule has 1 aromatic heterocycles. The van der Waals surface area contributed by atoms with Crippen LogP contribution < -0.4 is 10.6 Å². The van der Waals surface area contributed by atoms with Crippen LogP contribution >= 0.6 is 11.8 Å². The maximum absolute atomic E-state index is 11.9. The van der Waals surface area contributed by atoms with E-state index in [1.54, 1.807) is 30.9 Å². The van der Waals surface area contributed by atoms with E-state index in [4.69, 9.17) is 0 Å². The van der Waals surface area contributed by atoms with Crippen molar-refractivity contribution in [1.82, 2.24) is 10.3 Å². The second kappa shape index (κ2) is 6.49. The Morgan fingerprint density at radius 3 is 2.82 bits per heavy atom. The summed E-state index contributed by atoms with van der Waals surface area (Å²) < 4.78 is 0. The average Bonchev–Trinajstić information content (AvgIpc) is 2.34. The van der Waals surface area contributed by atoms with Crippen molar-refractivity contribution < 1.29 is 4.79 Å². The van der Waals surface area contributed by atoms with E-state index in [1.165, 1.54) is 0 Å². The lowest BCUT2D eigenvalue weighted by Gasteiger charge is -2.11. The fourth-order valence-electron chi connectivity index (χ4n) is 1.35. The first kappa shape index (κ1) is 13.8. The van der Waals surface area contributed by atoms with Crippen LogP contribution in [0.4, 0.5) is 5.82 Å². The number of nitrogens with zero attached hydrogens (tertiary/aromatic N) is 1. The van der Waals surface area contributed by atoms with Gasteiger partial charge in [-0.05, 0) is 25.3 Å². The van der Waals surface area contributed by atoms with Crippen LogP contribution in [-0.2, 0) is 0 Å². The number of aromatic nitrogens is 1. The highest BCUT2D eigenvalue weighted by Crippen LogP contribution is 2.10. The van der Waals surface area contributed by atoms with Gasteiger partial charge in [-0.1, -0.05) is 6.92 Å². The van der Waals surface area contributed by atoms with Crippen LogP contribution in [0.2, 0.25) is 0 Å². The molecule has 0 aliphatic carbocycles. The molecule has 1 atom stereocenters. The van der Waals surface area contributed by atoms with Gasteiger partial charge in [0.05, 0.1) is 0 Å². The quantitative estimate of drug-likeness (QED) is 0.841. The van der Waals surface area contributed by atoms with E-state index in [9.17, 15) is 4.79 Å². The van der Waals surface area contributed by atoms with Crippen molar-refractivity contribution in [1.29, 1.82) is 0 Å². The third-order valence-electron chi connectivity index (χ3n) is 2.42. The van der Waals surface area contributed by atoms with Gasteiger partial charge in [-0.25, -0.2) is 4.98 Å². The molecule has 1 rings (SSSR count). The van der Waals surface area contributed by atoms with Gasteiger partial charge in [0.15, 0.2) is 0 Å². The van der Waals surface area contributed by atoms with Crippen molar-refractivity contribution in [2.45, 2.75) is 19.1 Å². The number of carbonyl (C=O) groups excluding carboxylic acids is 1. The van der Waals surface area contributed by atoms with Crippen LogP contribution in [0.5, 0.6) is 0 Å². The van der Waals surface area contributed by atoms with Crippen molar-refractivity contribution >= 4 is 23.5 Å². The summed E-state index contributed by atoms with van der Waals surface area (Å²) in [6.45, 7) is 4.64. The van der Waals surface area contributed by atoms with Crippen LogP contribution in [0.25, 0.3) is 0 Å². The predicted octanol–water partition coefficient (Wildman–Crippen LogP) is 1.91. The highest BCUT2D eigenvalue weighted by atomic mass is 32.2. The SMILES string of the molecule is CNc1cc(C(=O)NCC(C)SC)cc(C)n1. The Morgan fingerprint density at radius 1 is 1.53 bits per heavy atom. The summed E-state index contributed by atoms with van der Waals surface area (Å²) in [7, 11) is 1.79. The van der Waals surface area contributed by atoms with Gasteiger partial charge in [0.2, 0.25) is 0 Å². The number of hydrogen-bond donors (Lipinski definition) is 2. The molecule has 0 bridgehead atoms. The van der Waals surface area contributed by atoms with Gasteiger partial charge in [-0.15, -0.1) is 0 Å². The predicted molar refractivity (Wildman–Crippen MR) is 73.8 cm³/mol. The molecule has 17 heavy (non-hydrogen) atoms. The topological polar surface area (TPSA) is 54.0 Å². The Bertz CT molecular complexity index is 395. The molecule has 0 spiro atoms. The molecule has 0 saturated carbocycles. The van der Waals surface area contributed by atoms with Crippen molar-refractivity contribution in [2.75, 3.05) is 25.2 Å². The zero-order chi connectivity index (χ0) is 12.8. The van der Waals surface area contributed by atoms with E-state index < -0.39 is 0 Å². The van der Waals surface area contributed by atoms with E-state index >= 15 is 0 Å². The van der Waals surface area contributed by atoms with E-state index in [2.05, 4.69) is 22.5 Å². The van der Waals surface area contributed by atoms with Crippen molar-refractivity contribution in [3.8, 4) is 0 Å². The average molecular weight is 253 g/mol. The molecule has 0 aromatic carbocycles. The fourth-order valence-corrected chi connectivity index (χ4v) is 1.60. The molecule has 1 amide bonds. The van der Waals surface area contributed by atoms with Crippen LogP contribution in [0.3, 0.4) is 0 Å². The summed E-state index contributed by atoms with van der Waals surface area (Å²) in [6, 6.07) is 3.55. The number of rotatable bonds is 5. The first-order chi connectivity index (χ1) is 8.06. The summed E-state index contributed by atoms with van der Waals surface area (Å²) >= 11 is 1.73. The van der Waals surface area contributed by atoms with Gasteiger partial charge < -0.3 is 10.6 Å². The molecule has 0 radical (unpaired) electrons. The molecule has 4 nitrogen and oxygen atoms in total. The molecule has 0 fully saturated rings. The Labute approximate surface area is 107 Å². The van der Waals surface area contributed by atoms with E-state index in [1.807, 2.05) is 13.2 Å². The maximum Gasteiger partial charge on any atom is 0.251 e. The summed E-state index contributed by atoms with van der Waals surface area (Å²) in [5, 5.41) is 6.28. The van der Waals surface area contributed by atoms with Crippen LogP contribution in [0.15, 0.2) is 12.1 Å². The molecular formula is C12H19N3OS. The lowest BCUT2D eigenvalue weighted by Crippen LogP contribution is -2.29. The van der Waals surface area contributed by atoms with Crippen molar-refractivity contribution in [3.63, 3.8) is 0 Å². The van der Waals surface area contributed by atoms with Crippen LogP contribution in [0, 0.1) is 6.92 Å². The van der Waals surface area contributed by atoms with Gasteiger partial charge in [0.1, 0.15) is 5.82 Å². The number of carbonyl (C=O) groups is 1. The highest BCUT2D eigenvalue weighted by Gasteiger charge is 2.09. The summed E-state index contributed by atoms with van der Waals surface area (Å²) in [5.41, 5.74) is 1.48. The first-order valence-corrected chi connectivity index (χ1v) is 6.83. The minimum absolute atomic E-state index is 0.0482. The molecule has 1 heterocycles. The molecule has 0 saturated heterocycles. The maximum atomic E-state index is 11.9. The monoisotopic (exact) mass is 253 g/mol. The number of nitrogens with one attached hydrogen (secondary N) is 2. The number of amides is 1. The fraction of sp³-hybridized carbons (Fsp3) is 0.500. The summed E-state index contributed by atoms with van der Waals surface area (Å²) in [5.74, 6) is 0.668. The van der Waals surface area contributed by atoms with Gasteiger partial charge in [0.25, 0.3) is 5.91 Å². The highest BCUT2D eigenvalue weighted by molar-refractivity contribution is 7.99. The van der Waals surface area contributed by atoms with Crippen LogP contribution in [-0.4, -0.2) is 36.0 Å². The second-order valence-electron chi connectivity index (χ2n) is 3.89. The van der Waals surface area contributed by atoms with E-state index in [0.717, 1.165) is 5.69 Å². The third kappa shape index (κ3) is 4.26. The zero-order valence-corrected chi connectivity index (χ0v) is 11.5. The Morgan fingerprint density at radius 2 is 2.24 bits per heavy atom. The van der Waals surface area contributed by atoms with Gasteiger partial charge >= 0.3 is 0 Å². The molecule has 0 aliphatic rings. The van der Waals surface area contributed by atoms with Gasteiger partial charge in [-0.2, -0.15) is 11.8 Å². The first-order valence-electron chi connectivity index (χ1n) is 5.54. The second-order valence-corrected chi connectivity index (χ2v) is 5.16. The number of thioether (sulfide) groups is 1. The lowest BCUT2D eigenvalue weighted by atomic mass is 10.2. The molecule has 94 valence electrons. The summed E-state index contributed by atoms with van der Waals surface area (Å²) in [4.78, 5) is 16.2. The van der Waals surface area contributed by atoms with Crippen molar-refractivity contribution in [2.24, 2.45) is 0 Å². The Kier molecular flexibility index (Phi) is 5.28. The normalized spacial score (nSPS) is 12.0. The Hall–Kier alpha value is -1.23. The minimum atomic E-state index is -0.0482. The number of anilines is 1. The summed E-state index contributed by atoms with van der Waals surface area (Å²) in [6.07, 6.45) is 2.03. The van der Waals surface area contributed by atoms with E-state index in [-0.39, 0.29) is 5.91 Å². The third-order valence-corrected chi connectivity index (χ3v) is 3.40. The molecule has 1 unspecified atom stereocenters. The molecule has 0 aliphatic heterocycles. The standard InChI is InChI=1S/C12H19N3OS/c1-8-5-10(6-11(13-3)15-8)12(16)14-7-9(2)17-4/h5-6,9H,7H2,1-4H3,(H,13,15)(H,14,16). The largest absolute Gasteiger partial charge is 0.373 e. The molecule has 5 heteroatoms.